The molecule has 2 aliphatic heterocycles. The molecule has 4 nitrogen and oxygen atoms in total. The summed E-state index contributed by atoms with van der Waals surface area (Å²) in [5.74, 6) is -0.226. The first-order valence-electron chi connectivity index (χ1n) is 6.70. The van der Waals surface area contributed by atoms with Gasteiger partial charge in [0.2, 0.25) is 0 Å². The predicted molar refractivity (Wildman–Crippen MR) is 77.7 cm³/mol. The number of rotatable bonds is 3. The van der Waals surface area contributed by atoms with Crippen molar-refractivity contribution in [2.24, 2.45) is 0 Å². The molecule has 4 heteroatoms. The SMILES string of the molecule is CCOC(=O)Cn1ccc2c3ccccc3nc-2c1C. The van der Waals surface area contributed by atoms with E-state index in [1.54, 1.807) is 0 Å². The van der Waals surface area contributed by atoms with Crippen molar-refractivity contribution in [1.29, 1.82) is 0 Å². The van der Waals surface area contributed by atoms with E-state index in [1.807, 2.05) is 48.9 Å². The highest BCUT2D eigenvalue weighted by Crippen LogP contribution is 2.32. The first-order valence-corrected chi connectivity index (χ1v) is 6.70. The van der Waals surface area contributed by atoms with Crippen LogP contribution < -0.4 is 0 Å². The summed E-state index contributed by atoms with van der Waals surface area (Å²) < 4.78 is 6.87. The topological polar surface area (TPSA) is 44.1 Å². The van der Waals surface area contributed by atoms with Crippen molar-refractivity contribution in [3.8, 4) is 11.3 Å². The number of pyridine rings is 1. The summed E-state index contributed by atoms with van der Waals surface area (Å²) in [5, 5.41) is 1.15. The Bertz CT molecular complexity index is 746. The molecular formula is C16H16N2O2. The van der Waals surface area contributed by atoms with Gasteiger partial charge in [0, 0.05) is 22.8 Å². The molecule has 0 unspecified atom stereocenters. The first-order chi connectivity index (χ1) is 9.70. The molecule has 1 aromatic carbocycles. The van der Waals surface area contributed by atoms with Gasteiger partial charge in [-0.15, -0.1) is 0 Å². The third-order valence-electron chi connectivity index (χ3n) is 3.48. The summed E-state index contributed by atoms with van der Waals surface area (Å²) in [4.78, 5) is 16.3. The van der Waals surface area contributed by atoms with Gasteiger partial charge in [0.1, 0.15) is 6.54 Å². The van der Waals surface area contributed by atoms with Crippen LogP contribution in [-0.2, 0) is 16.1 Å². The summed E-state index contributed by atoms with van der Waals surface area (Å²) in [7, 11) is 0. The van der Waals surface area contributed by atoms with Gasteiger partial charge in [0.25, 0.3) is 0 Å². The summed E-state index contributed by atoms with van der Waals surface area (Å²) in [6, 6.07) is 10.1. The minimum atomic E-state index is -0.226. The highest BCUT2D eigenvalue weighted by atomic mass is 16.5. The second-order valence-corrected chi connectivity index (χ2v) is 4.73. The second kappa shape index (κ2) is 4.96. The molecule has 20 heavy (non-hydrogen) atoms. The van der Waals surface area contributed by atoms with Crippen molar-refractivity contribution in [3.05, 3.63) is 42.2 Å². The second-order valence-electron chi connectivity index (χ2n) is 4.73. The normalized spacial score (nSPS) is 11.1. The lowest BCUT2D eigenvalue weighted by Crippen LogP contribution is -2.15. The van der Waals surface area contributed by atoms with Crippen LogP contribution in [0.2, 0.25) is 0 Å². The van der Waals surface area contributed by atoms with Crippen LogP contribution in [0.1, 0.15) is 12.6 Å². The van der Waals surface area contributed by atoms with Crippen LogP contribution in [-0.4, -0.2) is 22.1 Å². The molecule has 0 amide bonds. The van der Waals surface area contributed by atoms with Crippen LogP contribution in [0.4, 0.5) is 0 Å². The van der Waals surface area contributed by atoms with Gasteiger partial charge in [-0.2, -0.15) is 0 Å². The van der Waals surface area contributed by atoms with Crippen molar-refractivity contribution in [3.63, 3.8) is 0 Å². The van der Waals surface area contributed by atoms with Crippen molar-refractivity contribution in [2.75, 3.05) is 6.61 Å². The fraction of sp³-hybridized carbons (Fsp3) is 0.250. The van der Waals surface area contributed by atoms with Crippen LogP contribution in [0.5, 0.6) is 0 Å². The number of carbonyl (C=O) groups is 1. The molecule has 0 bridgehead atoms. The summed E-state index contributed by atoms with van der Waals surface area (Å²) >= 11 is 0. The third-order valence-corrected chi connectivity index (χ3v) is 3.48. The van der Waals surface area contributed by atoms with E-state index in [4.69, 9.17) is 4.74 Å². The molecular weight excluding hydrogens is 252 g/mol. The lowest BCUT2D eigenvalue weighted by Gasteiger charge is -2.13. The van der Waals surface area contributed by atoms with Crippen LogP contribution in [0.25, 0.3) is 22.2 Å². The van der Waals surface area contributed by atoms with E-state index in [1.165, 1.54) is 0 Å². The quantitative estimate of drug-likeness (QED) is 0.686. The molecule has 2 aliphatic rings. The molecule has 0 saturated heterocycles. The Morgan fingerprint density at radius 2 is 2.10 bits per heavy atom. The minimum absolute atomic E-state index is 0.221. The van der Waals surface area contributed by atoms with E-state index < -0.39 is 0 Å². The van der Waals surface area contributed by atoms with E-state index in [2.05, 4.69) is 11.1 Å². The van der Waals surface area contributed by atoms with Gasteiger partial charge in [-0.05, 0) is 26.0 Å². The molecule has 0 radical (unpaired) electrons. The highest BCUT2D eigenvalue weighted by molar-refractivity contribution is 5.97. The number of benzene rings is 1. The number of carbonyl (C=O) groups excluding carboxylic acids is 1. The zero-order valence-corrected chi connectivity index (χ0v) is 11.6. The minimum Gasteiger partial charge on any atom is -0.465 e. The zero-order valence-electron chi connectivity index (χ0n) is 11.6. The molecule has 0 aliphatic carbocycles. The summed E-state index contributed by atoms with van der Waals surface area (Å²) in [6.07, 6.45) is 1.92. The lowest BCUT2D eigenvalue weighted by atomic mass is 10.1. The van der Waals surface area contributed by atoms with E-state index in [0.29, 0.717) is 6.61 Å². The van der Waals surface area contributed by atoms with Crippen molar-refractivity contribution < 1.29 is 9.53 Å². The number of esters is 1. The fourth-order valence-corrected chi connectivity index (χ4v) is 2.48. The largest absolute Gasteiger partial charge is 0.465 e. The highest BCUT2D eigenvalue weighted by Gasteiger charge is 2.16. The average molecular weight is 268 g/mol. The van der Waals surface area contributed by atoms with Crippen LogP contribution >= 0.6 is 0 Å². The Labute approximate surface area is 117 Å². The van der Waals surface area contributed by atoms with Crippen molar-refractivity contribution in [1.82, 2.24) is 9.55 Å². The molecule has 3 rings (SSSR count). The van der Waals surface area contributed by atoms with Crippen molar-refractivity contribution in [2.45, 2.75) is 20.4 Å². The first kappa shape index (κ1) is 12.7. The van der Waals surface area contributed by atoms with Crippen molar-refractivity contribution >= 4 is 16.9 Å². The maximum absolute atomic E-state index is 11.6. The fourth-order valence-electron chi connectivity index (χ4n) is 2.48. The Hall–Kier alpha value is -2.36. The van der Waals surface area contributed by atoms with E-state index in [-0.39, 0.29) is 12.5 Å². The Morgan fingerprint density at radius 1 is 1.30 bits per heavy atom. The van der Waals surface area contributed by atoms with Gasteiger partial charge in [0.05, 0.1) is 17.8 Å². The van der Waals surface area contributed by atoms with E-state index in [9.17, 15) is 4.79 Å². The Kier molecular flexibility index (Phi) is 3.14. The summed E-state index contributed by atoms with van der Waals surface area (Å²) in [5.41, 5.74) is 4.03. The number of para-hydroxylation sites is 1. The van der Waals surface area contributed by atoms with Crippen LogP contribution in [0.15, 0.2) is 36.5 Å². The van der Waals surface area contributed by atoms with E-state index in [0.717, 1.165) is 27.9 Å². The lowest BCUT2D eigenvalue weighted by molar-refractivity contribution is -0.143. The van der Waals surface area contributed by atoms with Crippen LogP contribution in [0, 0.1) is 6.92 Å². The molecule has 0 aromatic heterocycles. The maximum atomic E-state index is 11.6. The van der Waals surface area contributed by atoms with Gasteiger partial charge >= 0.3 is 5.97 Å². The maximum Gasteiger partial charge on any atom is 0.325 e. The number of hydrogen-bond donors (Lipinski definition) is 0. The smallest absolute Gasteiger partial charge is 0.325 e. The number of ether oxygens (including phenoxy) is 1. The summed E-state index contributed by atoms with van der Waals surface area (Å²) in [6.45, 7) is 4.41. The monoisotopic (exact) mass is 268 g/mol. The van der Waals surface area contributed by atoms with Gasteiger partial charge in [-0.25, -0.2) is 4.98 Å². The molecule has 0 N–H and O–H groups in total. The molecule has 1 aromatic rings. The number of hydrogen-bond acceptors (Lipinski definition) is 3. The van der Waals surface area contributed by atoms with Gasteiger partial charge in [-0.3, -0.25) is 4.79 Å². The Morgan fingerprint density at radius 3 is 2.90 bits per heavy atom. The van der Waals surface area contributed by atoms with Crippen LogP contribution in [0.3, 0.4) is 0 Å². The van der Waals surface area contributed by atoms with E-state index >= 15 is 0 Å². The number of aromatic nitrogens is 2. The molecule has 0 spiro atoms. The van der Waals surface area contributed by atoms with Gasteiger partial charge in [-0.1, -0.05) is 18.2 Å². The standard InChI is InChI=1S/C16H16N2O2/c1-3-20-15(19)10-18-9-8-13-12-6-4-5-7-14(12)17-16(13)11(18)2/h4-9H,3,10H2,1-2H3. The van der Waals surface area contributed by atoms with Gasteiger partial charge < -0.3 is 9.30 Å². The Balaban J connectivity index is 2.08. The molecule has 0 fully saturated rings. The number of fused-ring (bicyclic) bond motifs is 3. The number of nitrogens with zero attached hydrogens (tertiary/aromatic N) is 2. The third kappa shape index (κ3) is 2.03. The van der Waals surface area contributed by atoms with Gasteiger partial charge in [0.15, 0.2) is 0 Å². The zero-order chi connectivity index (χ0) is 14.1. The molecule has 2 heterocycles. The molecule has 0 saturated carbocycles. The molecule has 102 valence electrons. The molecule has 0 atom stereocenters. The average Bonchev–Trinajstić information content (AvgIpc) is 2.82. The predicted octanol–water partition coefficient (Wildman–Crippen LogP) is 3.01.